The molecule has 1 aromatic heterocycles. The standard InChI is InChI=1S/C24H32N2O3/c1-16(22(28)29-5)13-25-9-8-17-10-18(6-7-20(17)25)21(27)26-15-24(4)12-19(26)11-23(2,3)14-24/h6-10,16,19H,11-15H2,1-5H3. The van der Waals surface area contributed by atoms with Crippen molar-refractivity contribution in [2.24, 2.45) is 16.7 Å². The van der Waals surface area contributed by atoms with Crippen LogP contribution in [0.2, 0.25) is 0 Å². The first-order valence-corrected chi connectivity index (χ1v) is 10.6. The second kappa shape index (κ2) is 6.89. The second-order valence-corrected chi connectivity index (χ2v) is 10.3. The molecule has 3 unspecified atom stereocenters. The molecule has 2 aromatic rings. The number of esters is 1. The molecule has 5 nitrogen and oxygen atoms in total. The summed E-state index contributed by atoms with van der Waals surface area (Å²) in [6, 6.07) is 8.29. The fourth-order valence-electron chi connectivity index (χ4n) is 5.93. The van der Waals surface area contributed by atoms with Gasteiger partial charge in [0.1, 0.15) is 0 Å². The number of aromatic nitrogens is 1. The average molecular weight is 397 g/mol. The molecule has 0 N–H and O–H groups in total. The highest BCUT2D eigenvalue weighted by atomic mass is 16.5. The molecule has 1 saturated carbocycles. The summed E-state index contributed by atoms with van der Waals surface area (Å²) in [7, 11) is 1.42. The van der Waals surface area contributed by atoms with Crippen LogP contribution in [0.3, 0.4) is 0 Å². The van der Waals surface area contributed by atoms with Crippen molar-refractivity contribution in [1.29, 1.82) is 0 Å². The highest BCUT2D eigenvalue weighted by Gasteiger charge is 2.51. The largest absolute Gasteiger partial charge is 0.469 e. The summed E-state index contributed by atoms with van der Waals surface area (Å²) in [5.41, 5.74) is 2.32. The van der Waals surface area contributed by atoms with Gasteiger partial charge in [-0.2, -0.15) is 0 Å². The van der Waals surface area contributed by atoms with Crippen LogP contribution < -0.4 is 0 Å². The second-order valence-electron chi connectivity index (χ2n) is 10.3. The van der Waals surface area contributed by atoms with E-state index in [1.807, 2.05) is 37.4 Å². The zero-order valence-corrected chi connectivity index (χ0v) is 18.2. The Hall–Kier alpha value is -2.30. The van der Waals surface area contributed by atoms with Gasteiger partial charge in [0.25, 0.3) is 5.91 Å². The fraction of sp³-hybridized carbons (Fsp3) is 0.583. The van der Waals surface area contributed by atoms with E-state index in [0.717, 1.165) is 35.9 Å². The van der Waals surface area contributed by atoms with E-state index in [4.69, 9.17) is 4.74 Å². The Morgan fingerprint density at radius 3 is 2.69 bits per heavy atom. The maximum absolute atomic E-state index is 13.4. The Labute approximate surface area is 173 Å². The number of ether oxygens (including phenoxy) is 1. The van der Waals surface area contributed by atoms with Crippen LogP contribution >= 0.6 is 0 Å². The number of fused-ring (bicyclic) bond motifs is 3. The lowest BCUT2D eigenvalue weighted by Crippen LogP contribution is -2.37. The molecule has 1 aromatic carbocycles. The van der Waals surface area contributed by atoms with E-state index < -0.39 is 0 Å². The molecule has 1 saturated heterocycles. The molecule has 5 heteroatoms. The Balaban J connectivity index is 1.56. The van der Waals surface area contributed by atoms with Gasteiger partial charge in [-0.1, -0.05) is 27.7 Å². The fourth-order valence-corrected chi connectivity index (χ4v) is 5.93. The average Bonchev–Trinajstić information content (AvgIpc) is 3.16. The molecule has 2 heterocycles. The SMILES string of the molecule is COC(=O)C(C)Cn1ccc2cc(C(=O)N3CC4(C)CC3CC(C)(C)C4)ccc21. The lowest BCUT2D eigenvalue weighted by molar-refractivity contribution is -0.145. The number of nitrogens with zero attached hydrogens (tertiary/aromatic N) is 2. The molecule has 4 rings (SSSR count). The van der Waals surface area contributed by atoms with Gasteiger partial charge in [0, 0.05) is 41.8 Å². The van der Waals surface area contributed by atoms with E-state index in [1.54, 1.807) is 0 Å². The molecule has 3 atom stereocenters. The number of hydrogen-bond donors (Lipinski definition) is 0. The van der Waals surface area contributed by atoms with Crippen LogP contribution in [0.5, 0.6) is 0 Å². The number of benzene rings is 1. The Bertz CT molecular complexity index is 960. The number of methoxy groups -OCH3 is 1. The summed E-state index contributed by atoms with van der Waals surface area (Å²) < 4.78 is 6.89. The van der Waals surface area contributed by atoms with Crippen molar-refractivity contribution >= 4 is 22.8 Å². The minimum absolute atomic E-state index is 0.147. The molecular formula is C24H32N2O3. The minimum Gasteiger partial charge on any atom is -0.469 e. The quantitative estimate of drug-likeness (QED) is 0.716. The molecule has 2 fully saturated rings. The Morgan fingerprint density at radius 2 is 1.97 bits per heavy atom. The van der Waals surface area contributed by atoms with Crippen molar-refractivity contribution < 1.29 is 14.3 Å². The van der Waals surface area contributed by atoms with E-state index in [0.29, 0.717) is 18.0 Å². The van der Waals surface area contributed by atoms with E-state index in [1.165, 1.54) is 13.5 Å². The van der Waals surface area contributed by atoms with Gasteiger partial charge in [-0.25, -0.2) is 0 Å². The van der Waals surface area contributed by atoms with Crippen molar-refractivity contribution in [3.63, 3.8) is 0 Å². The van der Waals surface area contributed by atoms with Gasteiger partial charge in [-0.3, -0.25) is 9.59 Å². The molecular weight excluding hydrogens is 364 g/mol. The highest BCUT2D eigenvalue weighted by molar-refractivity contribution is 5.98. The Kier molecular flexibility index (Phi) is 4.75. The lowest BCUT2D eigenvalue weighted by Gasteiger charge is -2.39. The van der Waals surface area contributed by atoms with Crippen molar-refractivity contribution in [2.45, 2.75) is 59.5 Å². The summed E-state index contributed by atoms with van der Waals surface area (Å²) >= 11 is 0. The van der Waals surface area contributed by atoms with Gasteiger partial charge in [-0.15, -0.1) is 0 Å². The van der Waals surface area contributed by atoms with Crippen LogP contribution in [0, 0.1) is 16.7 Å². The first-order valence-electron chi connectivity index (χ1n) is 10.6. The van der Waals surface area contributed by atoms with Gasteiger partial charge >= 0.3 is 5.97 Å². The van der Waals surface area contributed by atoms with Crippen LogP contribution in [0.15, 0.2) is 30.5 Å². The predicted molar refractivity (Wildman–Crippen MR) is 114 cm³/mol. The molecule has 2 bridgehead atoms. The molecule has 1 aliphatic heterocycles. The van der Waals surface area contributed by atoms with E-state index >= 15 is 0 Å². The summed E-state index contributed by atoms with van der Waals surface area (Å²) in [5, 5.41) is 1.03. The summed E-state index contributed by atoms with van der Waals surface area (Å²) in [5.74, 6) is -0.283. The smallest absolute Gasteiger partial charge is 0.310 e. The molecule has 156 valence electrons. The molecule has 2 aliphatic rings. The van der Waals surface area contributed by atoms with Gasteiger partial charge in [-0.05, 0) is 54.4 Å². The van der Waals surface area contributed by atoms with Crippen molar-refractivity contribution in [3.05, 3.63) is 36.0 Å². The number of carbonyl (C=O) groups is 2. The monoisotopic (exact) mass is 396 g/mol. The summed E-state index contributed by atoms with van der Waals surface area (Å²) in [6.45, 7) is 10.3. The third kappa shape index (κ3) is 3.67. The number of likely N-dealkylation sites (tertiary alicyclic amines) is 1. The maximum Gasteiger partial charge on any atom is 0.310 e. The third-order valence-electron chi connectivity index (χ3n) is 6.77. The van der Waals surface area contributed by atoms with Gasteiger partial charge in [0.15, 0.2) is 0 Å². The van der Waals surface area contributed by atoms with E-state index in [9.17, 15) is 9.59 Å². The first-order chi connectivity index (χ1) is 13.6. The van der Waals surface area contributed by atoms with Crippen LogP contribution in [-0.4, -0.2) is 41.0 Å². The van der Waals surface area contributed by atoms with Crippen LogP contribution in [0.4, 0.5) is 0 Å². The topological polar surface area (TPSA) is 51.5 Å². The molecule has 1 amide bonds. The van der Waals surface area contributed by atoms with Crippen LogP contribution in [0.1, 0.15) is 57.3 Å². The zero-order chi connectivity index (χ0) is 21.0. The van der Waals surface area contributed by atoms with Crippen LogP contribution in [0.25, 0.3) is 10.9 Å². The molecule has 1 aliphatic carbocycles. The number of rotatable bonds is 4. The summed E-state index contributed by atoms with van der Waals surface area (Å²) in [6.07, 6.45) is 5.36. The Morgan fingerprint density at radius 1 is 1.21 bits per heavy atom. The first kappa shape index (κ1) is 20.0. The minimum atomic E-state index is -0.218. The zero-order valence-electron chi connectivity index (χ0n) is 18.2. The summed E-state index contributed by atoms with van der Waals surface area (Å²) in [4.78, 5) is 27.2. The highest BCUT2D eigenvalue weighted by Crippen LogP contribution is 2.52. The molecule has 29 heavy (non-hydrogen) atoms. The number of carbonyl (C=O) groups excluding carboxylic acids is 2. The van der Waals surface area contributed by atoms with Gasteiger partial charge in [0.2, 0.25) is 0 Å². The normalized spacial score (nSPS) is 26.5. The van der Waals surface area contributed by atoms with Gasteiger partial charge < -0.3 is 14.2 Å². The number of hydrogen-bond acceptors (Lipinski definition) is 3. The van der Waals surface area contributed by atoms with Crippen LogP contribution in [-0.2, 0) is 16.1 Å². The van der Waals surface area contributed by atoms with Crippen molar-refractivity contribution in [1.82, 2.24) is 9.47 Å². The van der Waals surface area contributed by atoms with E-state index in [2.05, 4.69) is 30.2 Å². The number of amides is 1. The van der Waals surface area contributed by atoms with E-state index in [-0.39, 0.29) is 23.2 Å². The molecule has 0 spiro atoms. The van der Waals surface area contributed by atoms with Crippen molar-refractivity contribution in [2.75, 3.05) is 13.7 Å². The van der Waals surface area contributed by atoms with Gasteiger partial charge in [0.05, 0.1) is 13.0 Å². The predicted octanol–water partition coefficient (Wildman–Crippen LogP) is 4.49. The lowest BCUT2D eigenvalue weighted by atomic mass is 9.65. The maximum atomic E-state index is 13.4. The molecule has 0 radical (unpaired) electrons. The van der Waals surface area contributed by atoms with Crippen molar-refractivity contribution in [3.8, 4) is 0 Å². The third-order valence-corrected chi connectivity index (χ3v) is 6.77.